The molecule has 2 nitrogen and oxygen atoms in total. The average molecular weight is 256 g/mol. The maximum Gasteiger partial charge on any atom is 0.0972 e. The molecule has 0 radical (unpaired) electrons. The molecule has 0 aliphatic heterocycles. The number of fused-ring (bicyclic) bond motifs is 3. The maximum absolute atomic E-state index is 4.81. The molecule has 0 N–H and O–H groups in total. The van der Waals surface area contributed by atoms with Crippen LogP contribution in [0.15, 0.2) is 72.9 Å². The topological polar surface area (TPSA) is 25.8 Å². The Bertz CT molecular complexity index is 899. The van der Waals surface area contributed by atoms with Crippen LogP contribution >= 0.6 is 0 Å². The first-order chi connectivity index (χ1) is 9.93. The minimum absolute atomic E-state index is 0.944. The Morgan fingerprint density at radius 3 is 2.30 bits per heavy atom. The highest BCUT2D eigenvalue weighted by molar-refractivity contribution is 6.09. The van der Waals surface area contributed by atoms with Gasteiger partial charge in [0.2, 0.25) is 0 Å². The van der Waals surface area contributed by atoms with Gasteiger partial charge in [-0.15, -0.1) is 0 Å². The summed E-state index contributed by atoms with van der Waals surface area (Å²) in [6, 6.07) is 22.5. The minimum atomic E-state index is 0.944. The molecular formula is C18H12N2. The Kier molecular flexibility index (Phi) is 2.46. The molecule has 0 saturated carbocycles. The summed E-state index contributed by atoms with van der Waals surface area (Å²) >= 11 is 0. The molecule has 2 heterocycles. The van der Waals surface area contributed by atoms with Gasteiger partial charge < -0.3 is 0 Å². The van der Waals surface area contributed by atoms with Crippen molar-refractivity contribution in [3.8, 4) is 11.3 Å². The minimum Gasteiger partial charge on any atom is -0.254 e. The van der Waals surface area contributed by atoms with Crippen LogP contribution in [0.25, 0.3) is 33.1 Å². The zero-order chi connectivity index (χ0) is 13.4. The molecule has 94 valence electrons. The lowest BCUT2D eigenvalue weighted by Gasteiger charge is -2.08. The van der Waals surface area contributed by atoms with Crippen molar-refractivity contribution in [1.82, 2.24) is 9.97 Å². The van der Waals surface area contributed by atoms with Gasteiger partial charge in [-0.05, 0) is 12.1 Å². The van der Waals surface area contributed by atoms with Gasteiger partial charge in [0.25, 0.3) is 0 Å². The lowest BCUT2D eigenvalue weighted by Crippen LogP contribution is -1.91. The summed E-state index contributed by atoms with van der Waals surface area (Å²) in [6.07, 6.45) is 1.82. The second kappa shape index (κ2) is 4.42. The van der Waals surface area contributed by atoms with Crippen molar-refractivity contribution in [2.45, 2.75) is 0 Å². The number of rotatable bonds is 1. The van der Waals surface area contributed by atoms with E-state index in [1.165, 1.54) is 0 Å². The van der Waals surface area contributed by atoms with Crippen LogP contribution in [-0.2, 0) is 0 Å². The molecule has 2 heteroatoms. The fourth-order valence-corrected chi connectivity index (χ4v) is 2.58. The van der Waals surface area contributed by atoms with Crippen LogP contribution < -0.4 is 0 Å². The van der Waals surface area contributed by atoms with E-state index in [0.29, 0.717) is 0 Å². The van der Waals surface area contributed by atoms with Gasteiger partial charge in [-0.3, -0.25) is 4.98 Å². The van der Waals surface area contributed by atoms with Gasteiger partial charge in [0.15, 0.2) is 0 Å². The first kappa shape index (κ1) is 11.1. The highest BCUT2D eigenvalue weighted by Crippen LogP contribution is 2.30. The van der Waals surface area contributed by atoms with E-state index >= 15 is 0 Å². The summed E-state index contributed by atoms with van der Waals surface area (Å²) in [5.74, 6) is 0. The molecule has 0 atom stereocenters. The van der Waals surface area contributed by atoms with Crippen LogP contribution in [0, 0.1) is 0 Å². The number of aromatic nitrogens is 2. The Labute approximate surface area is 116 Å². The van der Waals surface area contributed by atoms with Crippen LogP contribution in [0.5, 0.6) is 0 Å². The molecule has 20 heavy (non-hydrogen) atoms. The normalized spacial score (nSPS) is 11.0. The van der Waals surface area contributed by atoms with Crippen molar-refractivity contribution >= 4 is 21.8 Å². The fraction of sp³-hybridized carbons (Fsp3) is 0. The van der Waals surface area contributed by atoms with E-state index in [1.807, 2.05) is 48.7 Å². The van der Waals surface area contributed by atoms with E-state index in [-0.39, 0.29) is 0 Å². The summed E-state index contributed by atoms with van der Waals surface area (Å²) in [4.78, 5) is 9.36. The van der Waals surface area contributed by atoms with Gasteiger partial charge in [-0.25, -0.2) is 4.98 Å². The molecule has 4 aromatic rings. The first-order valence-corrected chi connectivity index (χ1v) is 6.62. The smallest absolute Gasteiger partial charge is 0.0972 e. The van der Waals surface area contributed by atoms with Crippen LogP contribution in [0.1, 0.15) is 0 Å². The number of benzene rings is 2. The van der Waals surface area contributed by atoms with Gasteiger partial charge in [0.05, 0.1) is 16.7 Å². The molecule has 0 fully saturated rings. The largest absolute Gasteiger partial charge is 0.254 e. The van der Waals surface area contributed by atoms with Crippen LogP contribution in [0.2, 0.25) is 0 Å². The number of hydrogen-bond donors (Lipinski definition) is 0. The van der Waals surface area contributed by atoms with Gasteiger partial charge >= 0.3 is 0 Å². The van der Waals surface area contributed by atoms with Gasteiger partial charge in [-0.2, -0.15) is 0 Å². The quantitative estimate of drug-likeness (QED) is 0.470. The van der Waals surface area contributed by atoms with E-state index in [9.17, 15) is 0 Å². The monoisotopic (exact) mass is 256 g/mol. The summed E-state index contributed by atoms with van der Waals surface area (Å²) < 4.78 is 0. The SMILES string of the molecule is c1ccc(-c2nc3ccccc3c3cccnc23)cc1. The summed E-state index contributed by atoms with van der Waals surface area (Å²) in [7, 11) is 0. The van der Waals surface area contributed by atoms with Crippen LogP contribution in [0.3, 0.4) is 0 Å². The average Bonchev–Trinajstić information content (AvgIpc) is 2.55. The number of hydrogen-bond acceptors (Lipinski definition) is 2. The lowest BCUT2D eigenvalue weighted by atomic mass is 10.0. The molecule has 0 aliphatic carbocycles. The van der Waals surface area contributed by atoms with E-state index in [4.69, 9.17) is 4.98 Å². The first-order valence-electron chi connectivity index (χ1n) is 6.62. The molecule has 0 spiro atoms. The molecular weight excluding hydrogens is 244 g/mol. The molecule has 0 saturated heterocycles. The predicted octanol–water partition coefficient (Wildman–Crippen LogP) is 4.45. The third kappa shape index (κ3) is 1.66. The van der Waals surface area contributed by atoms with Crippen molar-refractivity contribution in [3.63, 3.8) is 0 Å². The highest BCUT2D eigenvalue weighted by atomic mass is 14.8. The second-order valence-corrected chi connectivity index (χ2v) is 4.74. The predicted molar refractivity (Wildman–Crippen MR) is 82.5 cm³/mol. The summed E-state index contributed by atoms with van der Waals surface area (Å²) in [5.41, 5.74) is 4.01. The van der Waals surface area contributed by atoms with Gasteiger partial charge in [0, 0.05) is 22.5 Å². The molecule has 0 amide bonds. The highest BCUT2D eigenvalue weighted by Gasteiger charge is 2.10. The van der Waals surface area contributed by atoms with Crippen molar-refractivity contribution in [2.75, 3.05) is 0 Å². The number of para-hydroxylation sites is 1. The third-order valence-electron chi connectivity index (χ3n) is 3.51. The molecule has 2 aromatic carbocycles. The Morgan fingerprint density at radius 2 is 1.40 bits per heavy atom. The van der Waals surface area contributed by atoms with Gasteiger partial charge in [-0.1, -0.05) is 54.6 Å². The summed E-state index contributed by atoms with van der Waals surface area (Å²) in [5, 5.41) is 2.30. The second-order valence-electron chi connectivity index (χ2n) is 4.74. The molecule has 4 rings (SSSR count). The standard InChI is InChI=1S/C18H12N2/c1-2-7-13(8-3-1)17-18-15(10-6-12-19-18)14-9-4-5-11-16(14)20-17/h1-12H. The molecule has 0 bridgehead atoms. The lowest BCUT2D eigenvalue weighted by molar-refractivity contribution is 1.35. The van der Waals surface area contributed by atoms with E-state index < -0.39 is 0 Å². The van der Waals surface area contributed by atoms with Crippen molar-refractivity contribution < 1.29 is 0 Å². The maximum atomic E-state index is 4.81. The van der Waals surface area contributed by atoms with Gasteiger partial charge in [0.1, 0.15) is 0 Å². The molecule has 2 aromatic heterocycles. The molecule has 0 unspecified atom stereocenters. The van der Waals surface area contributed by atoms with Crippen molar-refractivity contribution in [1.29, 1.82) is 0 Å². The van der Waals surface area contributed by atoms with E-state index in [0.717, 1.165) is 33.1 Å². The molecule has 0 aliphatic rings. The van der Waals surface area contributed by atoms with Crippen molar-refractivity contribution in [2.24, 2.45) is 0 Å². The van der Waals surface area contributed by atoms with Crippen LogP contribution in [0.4, 0.5) is 0 Å². The number of nitrogens with zero attached hydrogens (tertiary/aromatic N) is 2. The zero-order valence-corrected chi connectivity index (χ0v) is 10.8. The Morgan fingerprint density at radius 1 is 0.650 bits per heavy atom. The van der Waals surface area contributed by atoms with E-state index in [1.54, 1.807) is 0 Å². The van der Waals surface area contributed by atoms with E-state index in [2.05, 4.69) is 29.2 Å². The summed E-state index contributed by atoms with van der Waals surface area (Å²) in [6.45, 7) is 0. The third-order valence-corrected chi connectivity index (χ3v) is 3.51. The Hall–Kier alpha value is -2.74. The fourth-order valence-electron chi connectivity index (χ4n) is 2.58. The Balaban J connectivity index is 2.19. The zero-order valence-electron chi connectivity index (χ0n) is 10.8. The van der Waals surface area contributed by atoms with Crippen molar-refractivity contribution in [3.05, 3.63) is 72.9 Å². The number of pyridine rings is 2. The van der Waals surface area contributed by atoms with Crippen LogP contribution in [-0.4, -0.2) is 9.97 Å².